The second-order valence-corrected chi connectivity index (χ2v) is 5.90. The van der Waals surface area contributed by atoms with Crippen LogP contribution in [0.3, 0.4) is 0 Å². The van der Waals surface area contributed by atoms with Crippen molar-refractivity contribution >= 4 is 29.7 Å². The Kier molecular flexibility index (Phi) is 9.21. The number of aliphatic hydroxyl groups excluding tert-OH is 1. The minimum atomic E-state index is -1.59. The number of hydrogen-bond acceptors (Lipinski definition) is 8. The summed E-state index contributed by atoms with van der Waals surface area (Å²) in [5, 5.41) is 32.9. The second kappa shape index (κ2) is 11.4. The van der Waals surface area contributed by atoms with Gasteiger partial charge in [-0.2, -0.15) is 0 Å². The number of nitrogens with one attached hydrogen (secondary N) is 4. The number of nitrogens with two attached hydrogens (primary N) is 1. The molecule has 0 bridgehead atoms. The molecule has 0 aliphatic carbocycles. The lowest BCUT2D eigenvalue weighted by atomic mass is 10.1. The molecule has 0 spiro atoms. The van der Waals surface area contributed by atoms with E-state index in [-0.39, 0.29) is 6.42 Å². The highest BCUT2D eigenvalue weighted by atomic mass is 16.4. The van der Waals surface area contributed by atoms with Crippen molar-refractivity contribution in [2.24, 2.45) is 5.73 Å². The molecule has 29 heavy (non-hydrogen) atoms. The average Bonchev–Trinajstić information content (AvgIpc) is 3.15. The Bertz CT molecular complexity index is 737. The normalized spacial score (nSPS) is 13.6. The second-order valence-electron chi connectivity index (χ2n) is 5.90. The van der Waals surface area contributed by atoms with Gasteiger partial charge in [-0.15, -0.1) is 0 Å². The van der Waals surface area contributed by atoms with Crippen LogP contribution in [0.15, 0.2) is 12.5 Å². The molecule has 9 N–H and O–H groups in total. The largest absolute Gasteiger partial charge is 0.481 e. The lowest BCUT2D eigenvalue weighted by Crippen LogP contribution is -2.57. The monoisotopic (exact) mass is 414 g/mol. The van der Waals surface area contributed by atoms with E-state index >= 15 is 0 Å². The van der Waals surface area contributed by atoms with Crippen LogP contribution in [-0.4, -0.2) is 86.2 Å². The Labute approximate surface area is 163 Å². The van der Waals surface area contributed by atoms with E-state index in [1.807, 2.05) is 5.32 Å². The molecule has 0 unspecified atom stereocenters. The summed E-state index contributed by atoms with van der Waals surface area (Å²) in [5.74, 6) is -5.65. The number of amides is 3. The van der Waals surface area contributed by atoms with Crippen LogP contribution in [0.4, 0.5) is 0 Å². The lowest BCUT2D eigenvalue weighted by Gasteiger charge is -2.22. The van der Waals surface area contributed by atoms with Gasteiger partial charge in [0.15, 0.2) is 0 Å². The van der Waals surface area contributed by atoms with Crippen molar-refractivity contribution in [1.82, 2.24) is 25.9 Å². The first-order valence-electron chi connectivity index (χ1n) is 8.29. The summed E-state index contributed by atoms with van der Waals surface area (Å²) >= 11 is 0. The number of hydrogen-bond donors (Lipinski definition) is 8. The number of carbonyl (C=O) groups is 5. The van der Waals surface area contributed by atoms with Gasteiger partial charge in [-0.3, -0.25) is 24.0 Å². The van der Waals surface area contributed by atoms with E-state index in [1.165, 1.54) is 12.5 Å². The van der Waals surface area contributed by atoms with E-state index in [0.29, 0.717) is 5.69 Å². The zero-order valence-corrected chi connectivity index (χ0v) is 15.1. The lowest BCUT2D eigenvalue weighted by molar-refractivity contribution is -0.141. The summed E-state index contributed by atoms with van der Waals surface area (Å²) in [6.07, 6.45) is 2.05. The van der Waals surface area contributed by atoms with Crippen molar-refractivity contribution in [3.8, 4) is 0 Å². The van der Waals surface area contributed by atoms with Gasteiger partial charge in [0.25, 0.3) is 0 Å². The fourth-order valence-corrected chi connectivity index (χ4v) is 2.14. The molecular formula is C15H22N6O8. The number of aliphatic hydroxyl groups is 1. The fourth-order valence-electron chi connectivity index (χ4n) is 2.14. The zero-order chi connectivity index (χ0) is 22.0. The molecule has 0 aliphatic rings. The summed E-state index contributed by atoms with van der Waals surface area (Å²) < 4.78 is 0. The molecule has 0 saturated heterocycles. The van der Waals surface area contributed by atoms with E-state index in [0.717, 1.165) is 0 Å². The van der Waals surface area contributed by atoms with E-state index in [2.05, 4.69) is 20.6 Å². The Balaban J connectivity index is 2.75. The van der Waals surface area contributed by atoms with E-state index < -0.39 is 67.4 Å². The average molecular weight is 414 g/mol. The molecule has 0 aliphatic heterocycles. The van der Waals surface area contributed by atoms with E-state index in [9.17, 15) is 29.1 Å². The fraction of sp³-hybridized carbons (Fsp3) is 0.467. The minimum Gasteiger partial charge on any atom is -0.481 e. The molecule has 1 rings (SSSR count). The Morgan fingerprint density at radius 2 is 1.69 bits per heavy atom. The van der Waals surface area contributed by atoms with Crippen molar-refractivity contribution in [3.63, 3.8) is 0 Å². The van der Waals surface area contributed by atoms with Crippen LogP contribution in [-0.2, 0) is 30.4 Å². The maximum absolute atomic E-state index is 12.3. The van der Waals surface area contributed by atoms with Crippen LogP contribution < -0.4 is 21.7 Å². The first kappa shape index (κ1) is 23.5. The van der Waals surface area contributed by atoms with Crippen LogP contribution in [0.5, 0.6) is 0 Å². The first-order chi connectivity index (χ1) is 13.6. The standard InChI is InChI=1S/C15H22N6O8/c16-8(1-7-3-17-6-19-7)13(27)20-9(2-11(23)24)15(29)21-10(5-22)14(28)18-4-12(25)26/h3,6,8-10,22H,1-2,4-5,16H2,(H,17,19)(H,18,28)(H,20,27)(H,21,29)(H,23,24)(H,25,26)/t8-,9-,10-/m0/s1. The smallest absolute Gasteiger partial charge is 0.322 e. The number of rotatable bonds is 12. The Morgan fingerprint density at radius 1 is 1.03 bits per heavy atom. The van der Waals surface area contributed by atoms with Crippen LogP contribution in [0, 0.1) is 0 Å². The first-order valence-corrected chi connectivity index (χ1v) is 8.29. The predicted octanol–water partition coefficient (Wildman–Crippen LogP) is -4.08. The van der Waals surface area contributed by atoms with Gasteiger partial charge in [-0.05, 0) is 0 Å². The molecule has 0 aromatic carbocycles. The molecule has 1 aromatic rings. The summed E-state index contributed by atoms with van der Waals surface area (Å²) in [6, 6.07) is -4.25. The molecule has 1 aromatic heterocycles. The van der Waals surface area contributed by atoms with Crippen molar-refractivity contribution in [3.05, 3.63) is 18.2 Å². The van der Waals surface area contributed by atoms with Crippen LogP contribution in [0.25, 0.3) is 0 Å². The number of nitrogens with zero attached hydrogens (tertiary/aromatic N) is 1. The summed E-state index contributed by atoms with van der Waals surface area (Å²) in [7, 11) is 0. The van der Waals surface area contributed by atoms with Gasteiger partial charge in [0.05, 0.1) is 25.4 Å². The van der Waals surface area contributed by atoms with Gasteiger partial charge >= 0.3 is 11.9 Å². The molecule has 0 saturated carbocycles. The molecule has 1 heterocycles. The molecule has 0 fully saturated rings. The number of H-pyrrole nitrogens is 1. The van der Waals surface area contributed by atoms with Crippen LogP contribution in [0.1, 0.15) is 12.1 Å². The van der Waals surface area contributed by atoms with E-state index in [1.54, 1.807) is 0 Å². The minimum absolute atomic E-state index is 0.0457. The predicted molar refractivity (Wildman–Crippen MR) is 94.1 cm³/mol. The van der Waals surface area contributed by atoms with Crippen molar-refractivity contribution in [2.75, 3.05) is 13.2 Å². The van der Waals surface area contributed by atoms with Crippen LogP contribution in [0.2, 0.25) is 0 Å². The topological polar surface area (TPSA) is 237 Å². The van der Waals surface area contributed by atoms with Gasteiger partial charge in [0.1, 0.15) is 18.6 Å². The third-order valence-electron chi connectivity index (χ3n) is 3.57. The Morgan fingerprint density at radius 3 is 2.21 bits per heavy atom. The molecule has 14 heteroatoms. The van der Waals surface area contributed by atoms with Gasteiger partial charge in [0, 0.05) is 18.3 Å². The van der Waals surface area contributed by atoms with Crippen molar-refractivity contribution in [1.29, 1.82) is 0 Å². The summed E-state index contributed by atoms with van der Waals surface area (Å²) in [6.45, 7) is -1.63. The maximum Gasteiger partial charge on any atom is 0.322 e. The quantitative estimate of drug-likeness (QED) is 0.164. The molecule has 0 radical (unpaired) electrons. The Hall–Kier alpha value is -3.52. The highest BCUT2D eigenvalue weighted by Gasteiger charge is 2.29. The molecule has 14 nitrogen and oxygen atoms in total. The summed E-state index contributed by atoms with van der Waals surface area (Å²) in [5.41, 5.74) is 6.28. The molecule has 160 valence electrons. The van der Waals surface area contributed by atoms with Gasteiger partial charge < -0.3 is 42.0 Å². The number of aromatic amines is 1. The van der Waals surface area contributed by atoms with Crippen molar-refractivity contribution < 1.29 is 39.3 Å². The number of imidazole rings is 1. The molecule has 3 atom stereocenters. The molecule has 3 amide bonds. The zero-order valence-electron chi connectivity index (χ0n) is 15.1. The molecular weight excluding hydrogens is 392 g/mol. The van der Waals surface area contributed by atoms with Gasteiger partial charge in [-0.25, -0.2) is 4.98 Å². The number of carbonyl (C=O) groups excluding carboxylic acids is 3. The van der Waals surface area contributed by atoms with E-state index in [4.69, 9.17) is 15.9 Å². The highest BCUT2D eigenvalue weighted by molar-refractivity contribution is 5.95. The van der Waals surface area contributed by atoms with Crippen LogP contribution >= 0.6 is 0 Å². The summed E-state index contributed by atoms with van der Waals surface area (Å²) in [4.78, 5) is 64.3. The SMILES string of the molecule is N[C@@H](Cc1cnc[nH]1)C(=O)N[C@@H](CC(=O)O)C(=O)N[C@@H](CO)C(=O)NCC(=O)O. The van der Waals surface area contributed by atoms with Gasteiger partial charge in [-0.1, -0.05) is 0 Å². The number of carboxylic acids is 2. The number of carboxylic acid groups (broad SMARTS) is 2. The number of aliphatic carboxylic acids is 2. The maximum atomic E-state index is 12.3. The highest BCUT2D eigenvalue weighted by Crippen LogP contribution is 2.00. The third kappa shape index (κ3) is 8.35. The number of aromatic nitrogens is 2. The third-order valence-corrected chi connectivity index (χ3v) is 3.57. The van der Waals surface area contributed by atoms with Crippen molar-refractivity contribution in [2.45, 2.75) is 31.0 Å². The van der Waals surface area contributed by atoms with Gasteiger partial charge in [0.2, 0.25) is 17.7 Å².